The van der Waals surface area contributed by atoms with Crippen LogP contribution in [0.4, 0.5) is 13.2 Å². The molecule has 5 heteroatoms. The Bertz CT molecular complexity index is 276. The standard InChI is InChI=1S/C8H7F3O2/c9-8(10,11)6-3-1-5(2-4-6)7(12)13/h1-3,6H,4H2,(H,12,13). The van der Waals surface area contributed by atoms with Crippen molar-refractivity contribution in [1.29, 1.82) is 0 Å². The second-order valence-corrected chi connectivity index (χ2v) is 2.71. The van der Waals surface area contributed by atoms with E-state index in [1.54, 1.807) is 0 Å². The topological polar surface area (TPSA) is 37.3 Å². The van der Waals surface area contributed by atoms with Crippen molar-refractivity contribution in [1.82, 2.24) is 0 Å². The Labute approximate surface area is 72.4 Å². The van der Waals surface area contributed by atoms with E-state index in [1.807, 2.05) is 0 Å². The summed E-state index contributed by atoms with van der Waals surface area (Å²) in [6.45, 7) is 0. The second-order valence-electron chi connectivity index (χ2n) is 2.71. The molecule has 0 spiro atoms. The average molecular weight is 192 g/mol. The van der Waals surface area contributed by atoms with Gasteiger partial charge in [-0.05, 0) is 6.42 Å². The van der Waals surface area contributed by atoms with E-state index in [9.17, 15) is 18.0 Å². The number of carboxylic acids is 1. The van der Waals surface area contributed by atoms with Gasteiger partial charge in [-0.3, -0.25) is 0 Å². The van der Waals surface area contributed by atoms with Gasteiger partial charge in [0.05, 0.1) is 11.5 Å². The number of hydrogen-bond donors (Lipinski definition) is 1. The Morgan fingerprint density at radius 3 is 2.46 bits per heavy atom. The van der Waals surface area contributed by atoms with Crippen molar-refractivity contribution in [2.75, 3.05) is 0 Å². The summed E-state index contributed by atoms with van der Waals surface area (Å²) >= 11 is 0. The molecule has 0 saturated carbocycles. The SMILES string of the molecule is O=C(O)C1=CCC(C(F)(F)F)C=C1. The summed E-state index contributed by atoms with van der Waals surface area (Å²) in [6.07, 6.45) is -1.62. The van der Waals surface area contributed by atoms with Crippen LogP contribution in [0.25, 0.3) is 0 Å². The highest BCUT2D eigenvalue weighted by molar-refractivity contribution is 5.90. The van der Waals surface area contributed by atoms with Gasteiger partial charge in [0.15, 0.2) is 0 Å². The largest absolute Gasteiger partial charge is 0.478 e. The van der Waals surface area contributed by atoms with E-state index in [4.69, 9.17) is 5.11 Å². The molecule has 1 atom stereocenters. The van der Waals surface area contributed by atoms with Crippen LogP contribution in [0.15, 0.2) is 23.8 Å². The molecule has 1 rings (SSSR count). The zero-order valence-electron chi connectivity index (χ0n) is 6.51. The number of carboxylic acid groups (broad SMARTS) is 1. The van der Waals surface area contributed by atoms with Crippen LogP contribution in [0.1, 0.15) is 6.42 Å². The van der Waals surface area contributed by atoms with Gasteiger partial charge in [-0.15, -0.1) is 0 Å². The van der Waals surface area contributed by atoms with Gasteiger partial charge in [0.2, 0.25) is 0 Å². The molecule has 0 bridgehead atoms. The number of carbonyl (C=O) groups is 1. The van der Waals surface area contributed by atoms with Gasteiger partial charge < -0.3 is 5.11 Å². The molecule has 0 aromatic carbocycles. The van der Waals surface area contributed by atoms with Gasteiger partial charge in [-0.25, -0.2) is 4.79 Å². The Morgan fingerprint density at radius 1 is 1.54 bits per heavy atom. The van der Waals surface area contributed by atoms with Crippen molar-refractivity contribution < 1.29 is 23.1 Å². The van der Waals surface area contributed by atoms with E-state index < -0.39 is 18.1 Å². The van der Waals surface area contributed by atoms with Crippen LogP contribution in [0.5, 0.6) is 0 Å². The van der Waals surface area contributed by atoms with Gasteiger partial charge >= 0.3 is 12.1 Å². The second kappa shape index (κ2) is 3.24. The summed E-state index contributed by atoms with van der Waals surface area (Å²) in [5.74, 6) is -2.74. The zero-order valence-corrected chi connectivity index (χ0v) is 6.51. The number of halogens is 3. The highest BCUT2D eigenvalue weighted by Crippen LogP contribution is 2.32. The molecular formula is C8H7F3O2. The van der Waals surface area contributed by atoms with Crippen LogP contribution in [0.2, 0.25) is 0 Å². The van der Waals surface area contributed by atoms with Crippen molar-refractivity contribution in [3.8, 4) is 0 Å². The van der Waals surface area contributed by atoms with Gasteiger partial charge in [0.1, 0.15) is 0 Å². The molecule has 0 aromatic rings. The van der Waals surface area contributed by atoms with Crippen molar-refractivity contribution in [2.24, 2.45) is 5.92 Å². The average Bonchev–Trinajstić information content (AvgIpc) is 2.03. The van der Waals surface area contributed by atoms with Gasteiger partial charge in [0.25, 0.3) is 0 Å². The van der Waals surface area contributed by atoms with E-state index in [2.05, 4.69) is 0 Å². The minimum Gasteiger partial charge on any atom is -0.478 e. The first-order valence-corrected chi connectivity index (χ1v) is 3.59. The first-order valence-electron chi connectivity index (χ1n) is 3.59. The summed E-state index contributed by atoms with van der Waals surface area (Å²) in [4.78, 5) is 10.3. The zero-order chi connectivity index (χ0) is 10.1. The van der Waals surface area contributed by atoms with Gasteiger partial charge in [0, 0.05) is 0 Å². The summed E-state index contributed by atoms with van der Waals surface area (Å²) in [5, 5.41) is 8.43. The third-order valence-electron chi connectivity index (χ3n) is 1.77. The Hall–Kier alpha value is -1.26. The van der Waals surface area contributed by atoms with Crippen molar-refractivity contribution in [3.05, 3.63) is 23.8 Å². The van der Waals surface area contributed by atoms with Crippen molar-refractivity contribution in [3.63, 3.8) is 0 Å². The normalized spacial score (nSPS) is 22.7. The van der Waals surface area contributed by atoms with Gasteiger partial charge in [-0.2, -0.15) is 13.2 Å². The Morgan fingerprint density at radius 2 is 2.15 bits per heavy atom. The van der Waals surface area contributed by atoms with E-state index in [0.717, 1.165) is 18.2 Å². The molecule has 13 heavy (non-hydrogen) atoms. The number of hydrogen-bond acceptors (Lipinski definition) is 1. The highest BCUT2D eigenvalue weighted by atomic mass is 19.4. The molecule has 1 aliphatic carbocycles. The fourth-order valence-corrected chi connectivity index (χ4v) is 1.02. The maximum absolute atomic E-state index is 12.0. The molecule has 2 nitrogen and oxygen atoms in total. The number of alkyl halides is 3. The maximum atomic E-state index is 12.0. The lowest BCUT2D eigenvalue weighted by Crippen LogP contribution is -2.22. The van der Waals surface area contributed by atoms with Crippen molar-refractivity contribution >= 4 is 5.97 Å². The Kier molecular flexibility index (Phi) is 2.45. The summed E-state index contributed by atoms with van der Waals surface area (Å²) in [7, 11) is 0. The molecule has 0 radical (unpaired) electrons. The van der Waals surface area contributed by atoms with Crippen LogP contribution >= 0.6 is 0 Å². The molecule has 1 N–H and O–H groups in total. The van der Waals surface area contributed by atoms with Crippen LogP contribution < -0.4 is 0 Å². The fraction of sp³-hybridized carbons (Fsp3) is 0.375. The van der Waals surface area contributed by atoms with Crippen LogP contribution in [-0.2, 0) is 4.79 Å². The molecule has 0 amide bonds. The minimum atomic E-state index is -4.28. The van der Waals surface area contributed by atoms with Crippen LogP contribution in [-0.4, -0.2) is 17.3 Å². The molecule has 0 saturated heterocycles. The molecule has 0 aliphatic heterocycles. The van der Waals surface area contributed by atoms with Crippen molar-refractivity contribution in [2.45, 2.75) is 12.6 Å². The minimum absolute atomic E-state index is 0.0829. The molecule has 0 fully saturated rings. The van der Waals surface area contributed by atoms with Crippen LogP contribution in [0, 0.1) is 5.92 Å². The lowest BCUT2D eigenvalue weighted by atomic mass is 9.96. The van der Waals surface area contributed by atoms with E-state index in [-0.39, 0.29) is 12.0 Å². The molecule has 1 aliphatic rings. The maximum Gasteiger partial charge on any atom is 0.395 e. The smallest absolute Gasteiger partial charge is 0.395 e. The third-order valence-corrected chi connectivity index (χ3v) is 1.77. The number of rotatable bonds is 1. The highest BCUT2D eigenvalue weighted by Gasteiger charge is 2.38. The van der Waals surface area contributed by atoms with E-state index in [0.29, 0.717) is 0 Å². The molecule has 72 valence electrons. The molecule has 1 unspecified atom stereocenters. The lowest BCUT2D eigenvalue weighted by molar-refractivity contribution is -0.160. The predicted octanol–water partition coefficient (Wildman–Crippen LogP) is 2.14. The Balaban J connectivity index is 2.69. The summed E-state index contributed by atoms with van der Waals surface area (Å²) in [5.41, 5.74) is -0.0829. The van der Waals surface area contributed by atoms with Gasteiger partial charge in [-0.1, -0.05) is 18.2 Å². The number of allylic oxidation sites excluding steroid dienone is 2. The van der Waals surface area contributed by atoms with E-state index >= 15 is 0 Å². The summed E-state index contributed by atoms with van der Waals surface area (Å²) in [6, 6.07) is 0. The quantitative estimate of drug-likeness (QED) is 0.691. The third kappa shape index (κ3) is 2.34. The molecular weight excluding hydrogens is 185 g/mol. The number of aliphatic carboxylic acids is 1. The first-order chi connectivity index (χ1) is 5.91. The monoisotopic (exact) mass is 192 g/mol. The fourth-order valence-electron chi connectivity index (χ4n) is 1.02. The molecule has 0 aromatic heterocycles. The first kappa shape index (κ1) is 9.83. The van der Waals surface area contributed by atoms with E-state index in [1.165, 1.54) is 0 Å². The van der Waals surface area contributed by atoms with Crippen LogP contribution in [0.3, 0.4) is 0 Å². The molecule has 0 heterocycles. The summed E-state index contributed by atoms with van der Waals surface area (Å²) < 4.78 is 36.1. The predicted molar refractivity (Wildman–Crippen MR) is 39.0 cm³/mol. The lowest BCUT2D eigenvalue weighted by Gasteiger charge is -2.17.